The van der Waals surface area contributed by atoms with E-state index in [0.29, 0.717) is 6.54 Å². The number of aliphatic hydroxyl groups excluding tert-OH is 4. The molecule has 1 aliphatic rings. The van der Waals surface area contributed by atoms with Gasteiger partial charge < -0.3 is 41.0 Å². The molecule has 1 amide bonds. The quantitative estimate of drug-likeness (QED) is 0.165. The average Bonchev–Trinajstić information content (AvgIpc) is 2.79. The lowest BCUT2D eigenvalue weighted by molar-refractivity contribution is -0.301. The highest BCUT2D eigenvalue weighted by molar-refractivity contribution is 5.81. The van der Waals surface area contributed by atoms with E-state index in [1.54, 1.807) is 0 Å². The van der Waals surface area contributed by atoms with Crippen LogP contribution < -0.4 is 11.1 Å². The molecule has 0 aromatic rings. The smallest absolute Gasteiger partial charge is 0.239 e. The molecule has 0 aromatic carbocycles. The van der Waals surface area contributed by atoms with Crippen LogP contribution in [0.5, 0.6) is 0 Å². The van der Waals surface area contributed by atoms with Crippen LogP contribution in [0.25, 0.3) is 0 Å². The number of ether oxygens (including phenoxy) is 2. The normalized spacial score (nSPS) is 26.8. The number of rotatable bonds is 18. The van der Waals surface area contributed by atoms with Crippen molar-refractivity contribution in [1.29, 1.82) is 0 Å². The second-order valence-corrected chi connectivity index (χ2v) is 8.82. The lowest BCUT2D eigenvalue weighted by Crippen LogP contribution is -2.59. The van der Waals surface area contributed by atoms with Crippen molar-refractivity contribution in [1.82, 2.24) is 5.32 Å². The second-order valence-electron chi connectivity index (χ2n) is 8.82. The first-order valence-corrected chi connectivity index (χ1v) is 12.4. The van der Waals surface area contributed by atoms with Crippen molar-refractivity contribution in [2.24, 2.45) is 5.73 Å². The van der Waals surface area contributed by atoms with Crippen molar-refractivity contribution < 1.29 is 34.7 Å². The van der Waals surface area contributed by atoms with Gasteiger partial charge in [-0.15, -0.1) is 0 Å². The Morgan fingerprint density at radius 1 is 0.906 bits per heavy atom. The number of carbonyl (C=O) groups is 1. The SMILES string of the molecule is CCCCCCCCCCCCCCNC(=O)[C@H](N)CO[C@@H]1O[C@H](CO)[C@H](O)[C@H](O)[C@H]1O. The highest BCUT2D eigenvalue weighted by Crippen LogP contribution is 2.22. The minimum atomic E-state index is -1.53. The fourth-order valence-electron chi connectivity index (χ4n) is 3.79. The monoisotopic (exact) mass is 462 g/mol. The molecule has 9 nitrogen and oxygen atoms in total. The zero-order chi connectivity index (χ0) is 23.8. The van der Waals surface area contributed by atoms with Crippen LogP contribution in [0.2, 0.25) is 0 Å². The topological polar surface area (TPSA) is 154 Å². The molecule has 0 saturated carbocycles. The summed E-state index contributed by atoms with van der Waals surface area (Å²) in [6.45, 7) is 2.01. The fourth-order valence-corrected chi connectivity index (χ4v) is 3.79. The molecule has 1 saturated heterocycles. The van der Waals surface area contributed by atoms with Gasteiger partial charge in [-0.1, -0.05) is 77.6 Å². The predicted octanol–water partition coefficient (Wildman–Crippen LogP) is 0.948. The van der Waals surface area contributed by atoms with Gasteiger partial charge in [0, 0.05) is 6.54 Å². The minimum Gasteiger partial charge on any atom is -0.394 e. The van der Waals surface area contributed by atoms with Gasteiger partial charge in [-0.2, -0.15) is 0 Å². The van der Waals surface area contributed by atoms with E-state index in [2.05, 4.69) is 12.2 Å². The minimum absolute atomic E-state index is 0.229. The van der Waals surface area contributed by atoms with Crippen molar-refractivity contribution in [3.05, 3.63) is 0 Å². The number of hydrogen-bond acceptors (Lipinski definition) is 8. The maximum atomic E-state index is 12.1. The summed E-state index contributed by atoms with van der Waals surface area (Å²) in [5, 5.41) is 41.4. The number of carbonyl (C=O) groups excluding carboxylic acids is 1. The lowest BCUT2D eigenvalue weighted by Gasteiger charge is -2.39. The van der Waals surface area contributed by atoms with E-state index < -0.39 is 43.4 Å². The first-order chi connectivity index (χ1) is 15.4. The van der Waals surface area contributed by atoms with Crippen LogP contribution in [-0.4, -0.2) is 82.8 Å². The van der Waals surface area contributed by atoms with E-state index in [1.165, 1.54) is 57.8 Å². The maximum absolute atomic E-state index is 12.1. The molecular weight excluding hydrogens is 416 g/mol. The zero-order valence-corrected chi connectivity index (χ0v) is 19.7. The first kappa shape index (κ1) is 29.2. The summed E-state index contributed by atoms with van der Waals surface area (Å²) in [4.78, 5) is 12.1. The van der Waals surface area contributed by atoms with E-state index >= 15 is 0 Å². The molecule has 6 atom stereocenters. The summed E-state index contributed by atoms with van der Waals surface area (Å²) >= 11 is 0. The van der Waals surface area contributed by atoms with Crippen LogP contribution in [0.1, 0.15) is 84.0 Å². The van der Waals surface area contributed by atoms with Crippen LogP contribution in [0.15, 0.2) is 0 Å². The van der Waals surface area contributed by atoms with Gasteiger partial charge in [0.25, 0.3) is 0 Å². The molecule has 1 aliphatic heterocycles. The van der Waals surface area contributed by atoms with Crippen LogP contribution in [0.3, 0.4) is 0 Å². The summed E-state index contributed by atoms with van der Waals surface area (Å²) in [5.74, 6) is -0.363. The van der Waals surface area contributed by atoms with E-state index in [1.807, 2.05) is 0 Å². The van der Waals surface area contributed by atoms with Gasteiger partial charge in [0.05, 0.1) is 13.2 Å². The Hall–Kier alpha value is -0.810. The van der Waals surface area contributed by atoms with Gasteiger partial charge in [-0.25, -0.2) is 0 Å². The third-order valence-corrected chi connectivity index (χ3v) is 5.95. The van der Waals surface area contributed by atoms with Crippen LogP contribution >= 0.6 is 0 Å². The molecule has 32 heavy (non-hydrogen) atoms. The Bertz CT molecular complexity index is 481. The standard InChI is InChI=1S/C23H46N2O7/c1-2-3-4-5-6-7-8-9-10-11-12-13-14-25-22(30)17(24)16-31-23-21(29)20(28)19(27)18(15-26)32-23/h17-21,23,26-29H,2-16,24H2,1H3,(H,25,30)/t17-,18-,19+,20+,21-,23-/m1/s1. The summed E-state index contributed by atoms with van der Waals surface area (Å²) in [7, 11) is 0. The Morgan fingerprint density at radius 3 is 1.97 bits per heavy atom. The summed E-state index contributed by atoms with van der Waals surface area (Å²) in [5.41, 5.74) is 5.82. The van der Waals surface area contributed by atoms with Crippen LogP contribution in [0.4, 0.5) is 0 Å². The van der Waals surface area contributed by atoms with E-state index in [-0.39, 0.29) is 12.5 Å². The summed E-state index contributed by atoms with van der Waals surface area (Å²) < 4.78 is 10.5. The molecule has 190 valence electrons. The van der Waals surface area contributed by atoms with E-state index in [0.717, 1.165) is 19.3 Å². The number of unbranched alkanes of at least 4 members (excludes halogenated alkanes) is 11. The molecule has 7 N–H and O–H groups in total. The van der Waals surface area contributed by atoms with E-state index in [4.69, 9.17) is 15.2 Å². The van der Waals surface area contributed by atoms with Gasteiger partial charge in [0.1, 0.15) is 30.5 Å². The molecule has 1 rings (SSSR count). The van der Waals surface area contributed by atoms with Crippen molar-refractivity contribution in [2.45, 2.75) is 121 Å². The third kappa shape index (κ3) is 11.4. The van der Waals surface area contributed by atoms with Gasteiger partial charge in [0.2, 0.25) is 5.91 Å². The van der Waals surface area contributed by atoms with Crippen LogP contribution in [0, 0.1) is 0 Å². The molecule has 0 unspecified atom stereocenters. The van der Waals surface area contributed by atoms with Crippen molar-refractivity contribution in [3.63, 3.8) is 0 Å². The Labute approximate surface area is 192 Å². The van der Waals surface area contributed by atoms with Gasteiger partial charge in [-0.05, 0) is 6.42 Å². The van der Waals surface area contributed by atoms with Crippen molar-refractivity contribution >= 4 is 5.91 Å². The van der Waals surface area contributed by atoms with Gasteiger partial charge in [0.15, 0.2) is 6.29 Å². The van der Waals surface area contributed by atoms with E-state index in [9.17, 15) is 25.2 Å². The molecule has 0 aromatic heterocycles. The first-order valence-electron chi connectivity index (χ1n) is 12.4. The average molecular weight is 463 g/mol. The molecular formula is C23H46N2O7. The zero-order valence-electron chi connectivity index (χ0n) is 19.7. The Balaban J connectivity index is 2.04. The highest BCUT2D eigenvalue weighted by atomic mass is 16.7. The Kier molecular flexibility index (Phi) is 16.1. The summed E-state index contributed by atoms with van der Waals surface area (Å²) in [6.07, 6.45) is 8.17. The number of amides is 1. The number of hydrogen-bond donors (Lipinski definition) is 6. The van der Waals surface area contributed by atoms with Gasteiger partial charge >= 0.3 is 0 Å². The third-order valence-electron chi connectivity index (χ3n) is 5.95. The fraction of sp³-hybridized carbons (Fsp3) is 0.957. The number of nitrogens with one attached hydrogen (secondary N) is 1. The molecule has 0 bridgehead atoms. The van der Waals surface area contributed by atoms with Gasteiger partial charge in [-0.3, -0.25) is 4.79 Å². The summed E-state index contributed by atoms with van der Waals surface area (Å²) in [6, 6.07) is -0.959. The number of nitrogens with two attached hydrogens (primary N) is 1. The highest BCUT2D eigenvalue weighted by Gasteiger charge is 2.44. The molecule has 0 aliphatic carbocycles. The predicted molar refractivity (Wildman–Crippen MR) is 122 cm³/mol. The molecule has 1 fully saturated rings. The molecule has 0 spiro atoms. The second kappa shape index (κ2) is 17.6. The molecule has 1 heterocycles. The Morgan fingerprint density at radius 2 is 1.44 bits per heavy atom. The lowest BCUT2D eigenvalue weighted by atomic mass is 9.99. The largest absolute Gasteiger partial charge is 0.394 e. The molecule has 0 radical (unpaired) electrons. The van der Waals surface area contributed by atoms with Crippen LogP contribution in [-0.2, 0) is 14.3 Å². The van der Waals surface area contributed by atoms with Crippen molar-refractivity contribution in [2.75, 3.05) is 19.8 Å². The maximum Gasteiger partial charge on any atom is 0.239 e. The van der Waals surface area contributed by atoms with Crippen molar-refractivity contribution in [3.8, 4) is 0 Å². The number of aliphatic hydroxyl groups is 4. The molecule has 9 heteroatoms.